The second kappa shape index (κ2) is 6.64. The van der Waals surface area contributed by atoms with Crippen molar-refractivity contribution in [2.24, 2.45) is 10.9 Å². The predicted octanol–water partition coefficient (Wildman–Crippen LogP) is 2.01. The van der Waals surface area contributed by atoms with Gasteiger partial charge in [-0.25, -0.2) is 8.42 Å². The van der Waals surface area contributed by atoms with Crippen molar-refractivity contribution in [2.45, 2.75) is 25.1 Å². The first-order valence-corrected chi connectivity index (χ1v) is 10.9. The van der Waals surface area contributed by atoms with E-state index < -0.39 is 9.84 Å². The van der Waals surface area contributed by atoms with Crippen molar-refractivity contribution in [3.63, 3.8) is 0 Å². The summed E-state index contributed by atoms with van der Waals surface area (Å²) < 4.78 is 24.1. The van der Waals surface area contributed by atoms with Gasteiger partial charge in [0.05, 0.1) is 17.5 Å². The van der Waals surface area contributed by atoms with Gasteiger partial charge < -0.3 is 9.80 Å². The van der Waals surface area contributed by atoms with Crippen LogP contribution < -0.4 is 9.80 Å². The van der Waals surface area contributed by atoms with Gasteiger partial charge in [0.25, 0.3) is 5.91 Å². The average molecular weight is 382 g/mol. The van der Waals surface area contributed by atoms with Crippen LogP contribution in [-0.2, 0) is 14.6 Å². The highest BCUT2D eigenvalue weighted by atomic mass is 32.2. The fraction of sp³-hybridized carbons (Fsp3) is 0.529. The topological polar surface area (TPSA) is 70.0 Å². The van der Waals surface area contributed by atoms with Crippen molar-refractivity contribution in [1.29, 1.82) is 0 Å². The van der Waals surface area contributed by atoms with Gasteiger partial charge >= 0.3 is 0 Å². The lowest BCUT2D eigenvalue weighted by atomic mass is 10.2. The number of fused-ring (bicyclic) bond motifs is 1. The van der Waals surface area contributed by atoms with Crippen LogP contribution in [0.1, 0.15) is 13.8 Å². The molecule has 2 heterocycles. The summed E-state index contributed by atoms with van der Waals surface area (Å²) in [6.07, 6.45) is 0. The molecule has 1 amide bonds. The Morgan fingerprint density at radius 2 is 1.88 bits per heavy atom. The standard InChI is InChI=1S/C17H23N3O3S2/c1-11(2)16(21)18-17-20(13-7-5-12(6-8-13)19(3)4)14-9-25(22,23)10-15(14)24-17/h5-8,11,14-15H,9-10H2,1-4H3/t14-,15+/m1/s1. The molecule has 0 saturated carbocycles. The monoisotopic (exact) mass is 381 g/mol. The lowest BCUT2D eigenvalue weighted by Crippen LogP contribution is -2.37. The molecule has 0 aromatic heterocycles. The van der Waals surface area contributed by atoms with Gasteiger partial charge in [-0.2, -0.15) is 4.99 Å². The molecule has 2 saturated heterocycles. The Hall–Kier alpha value is -1.54. The molecule has 2 fully saturated rings. The molecule has 1 aromatic carbocycles. The summed E-state index contributed by atoms with van der Waals surface area (Å²) in [6, 6.07) is 7.72. The number of anilines is 2. The number of hydrogen-bond donors (Lipinski definition) is 0. The lowest BCUT2D eigenvalue weighted by Gasteiger charge is -2.25. The largest absolute Gasteiger partial charge is 0.378 e. The third kappa shape index (κ3) is 3.69. The van der Waals surface area contributed by atoms with Gasteiger partial charge in [-0.1, -0.05) is 25.6 Å². The maximum atomic E-state index is 12.1. The van der Waals surface area contributed by atoms with Crippen molar-refractivity contribution in [3.8, 4) is 0 Å². The van der Waals surface area contributed by atoms with E-state index in [0.29, 0.717) is 5.17 Å². The van der Waals surface area contributed by atoms with E-state index >= 15 is 0 Å². The van der Waals surface area contributed by atoms with Gasteiger partial charge in [0.2, 0.25) is 0 Å². The van der Waals surface area contributed by atoms with Gasteiger partial charge in [0.1, 0.15) is 0 Å². The quantitative estimate of drug-likeness (QED) is 0.798. The average Bonchev–Trinajstić information content (AvgIpc) is 2.98. The van der Waals surface area contributed by atoms with Crippen molar-refractivity contribution in [2.75, 3.05) is 35.4 Å². The van der Waals surface area contributed by atoms with Gasteiger partial charge in [0, 0.05) is 36.6 Å². The van der Waals surface area contributed by atoms with E-state index in [1.807, 2.05) is 62.0 Å². The first-order chi connectivity index (χ1) is 11.7. The molecule has 2 aliphatic rings. The molecule has 6 nitrogen and oxygen atoms in total. The second-order valence-electron chi connectivity index (χ2n) is 6.97. The molecule has 0 unspecified atom stereocenters. The van der Waals surface area contributed by atoms with Crippen LogP contribution in [0.25, 0.3) is 0 Å². The molecule has 2 atom stereocenters. The second-order valence-corrected chi connectivity index (χ2v) is 10.3. The van der Waals surface area contributed by atoms with Crippen LogP contribution in [0.4, 0.5) is 11.4 Å². The van der Waals surface area contributed by atoms with Crippen molar-refractivity contribution in [3.05, 3.63) is 24.3 Å². The Morgan fingerprint density at radius 3 is 2.44 bits per heavy atom. The number of rotatable bonds is 3. The predicted molar refractivity (Wildman–Crippen MR) is 104 cm³/mol. The summed E-state index contributed by atoms with van der Waals surface area (Å²) in [6.45, 7) is 3.63. The fourth-order valence-corrected chi connectivity index (χ4v) is 6.92. The Balaban J connectivity index is 1.98. The van der Waals surface area contributed by atoms with Gasteiger partial charge in [-0.3, -0.25) is 4.79 Å². The number of amides is 1. The molecule has 0 aliphatic carbocycles. The minimum atomic E-state index is -3.05. The summed E-state index contributed by atoms with van der Waals surface area (Å²) in [5.74, 6) is -0.117. The van der Waals surface area contributed by atoms with Gasteiger partial charge in [-0.05, 0) is 24.3 Å². The maximum Gasteiger partial charge on any atom is 0.250 e. The molecule has 0 radical (unpaired) electrons. The number of hydrogen-bond acceptors (Lipinski definition) is 5. The molecule has 0 N–H and O–H groups in total. The van der Waals surface area contributed by atoms with Crippen molar-refractivity contribution >= 4 is 44.0 Å². The highest BCUT2D eigenvalue weighted by molar-refractivity contribution is 8.16. The van der Waals surface area contributed by atoms with Crippen LogP contribution in [0.3, 0.4) is 0 Å². The summed E-state index contributed by atoms with van der Waals surface area (Å²) in [7, 11) is 0.887. The zero-order chi connectivity index (χ0) is 18.4. The van der Waals surface area contributed by atoms with Crippen LogP contribution >= 0.6 is 11.8 Å². The van der Waals surface area contributed by atoms with E-state index in [4.69, 9.17) is 0 Å². The summed E-state index contributed by atoms with van der Waals surface area (Å²) in [4.78, 5) is 20.3. The highest BCUT2D eigenvalue weighted by Crippen LogP contribution is 2.41. The Labute approximate surface area is 153 Å². The summed E-state index contributed by atoms with van der Waals surface area (Å²) in [5.41, 5.74) is 1.93. The van der Waals surface area contributed by atoms with E-state index in [9.17, 15) is 13.2 Å². The number of thioether (sulfide) groups is 1. The molecular weight excluding hydrogens is 358 g/mol. The Morgan fingerprint density at radius 1 is 1.24 bits per heavy atom. The summed E-state index contributed by atoms with van der Waals surface area (Å²) in [5, 5.41) is 0.540. The van der Waals surface area contributed by atoms with E-state index in [1.165, 1.54) is 11.8 Å². The molecule has 1 aromatic rings. The number of carbonyl (C=O) groups is 1. The first-order valence-electron chi connectivity index (χ1n) is 8.24. The normalized spacial score (nSPS) is 26.3. The molecule has 0 bridgehead atoms. The molecule has 2 aliphatic heterocycles. The minimum Gasteiger partial charge on any atom is -0.378 e. The van der Waals surface area contributed by atoms with Crippen LogP contribution in [-0.4, -0.2) is 56.4 Å². The van der Waals surface area contributed by atoms with E-state index in [2.05, 4.69) is 4.99 Å². The molecule has 0 spiro atoms. The van der Waals surface area contributed by atoms with E-state index in [-0.39, 0.29) is 34.6 Å². The third-order valence-corrected chi connectivity index (χ3v) is 7.62. The minimum absolute atomic E-state index is 0.0720. The van der Waals surface area contributed by atoms with Crippen LogP contribution in [0, 0.1) is 5.92 Å². The molecule has 25 heavy (non-hydrogen) atoms. The fourth-order valence-electron chi connectivity index (χ4n) is 3.00. The van der Waals surface area contributed by atoms with Crippen LogP contribution in [0.15, 0.2) is 29.3 Å². The van der Waals surface area contributed by atoms with E-state index in [1.54, 1.807) is 0 Å². The SMILES string of the molecule is CC(C)C(=O)N=C1S[C@H]2CS(=O)(=O)C[C@H]2N1c1ccc(N(C)C)cc1. The molecule has 8 heteroatoms. The van der Waals surface area contributed by atoms with Gasteiger partial charge in [0.15, 0.2) is 15.0 Å². The number of sulfone groups is 1. The third-order valence-electron chi connectivity index (χ3n) is 4.41. The molecule has 3 rings (SSSR count). The number of benzene rings is 1. The number of nitrogens with zero attached hydrogens (tertiary/aromatic N) is 3. The zero-order valence-corrected chi connectivity index (χ0v) is 16.5. The number of carbonyl (C=O) groups excluding carboxylic acids is 1. The highest BCUT2D eigenvalue weighted by Gasteiger charge is 2.49. The maximum absolute atomic E-state index is 12.1. The lowest BCUT2D eigenvalue weighted by molar-refractivity contribution is -0.120. The van der Waals surface area contributed by atoms with Crippen LogP contribution in [0.5, 0.6) is 0 Å². The summed E-state index contributed by atoms with van der Waals surface area (Å²) >= 11 is 1.41. The van der Waals surface area contributed by atoms with Crippen molar-refractivity contribution in [1.82, 2.24) is 0 Å². The van der Waals surface area contributed by atoms with Crippen LogP contribution in [0.2, 0.25) is 0 Å². The van der Waals surface area contributed by atoms with Crippen molar-refractivity contribution < 1.29 is 13.2 Å². The first kappa shape index (κ1) is 18.3. The Bertz CT molecular complexity index is 801. The molecular formula is C17H23N3O3S2. The smallest absolute Gasteiger partial charge is 0.250 e. The molecule has 136 valence electrons. The number of amidine groups is 1. The number of aliphatic imine (C=N–C) groups is 1. The Kier molecular flexibility index (Phi) is 4.85. The zero-order valence-electron chi connectivity index (χ0n) is 14.8. The van der Waals surface area contributed by atoms with Gasteiger partial charge in [-0.15, -0.1) is 0 Å². The van der Waals surface area contributed by atoms with E-state index in [0.717, 1.165) is 11.4 Å².